The van der Waals surface area contributed by atoms with Gasteiger partial charge in [-0.2, -0.15) is 2.74 Å². The topological polar surface area (TPSA) is 34.1 Å². The molecule has 5 heteroatoms. The Balaban J connectivity index is 0.000000137. The van der Waals surface area contributed by atoms with E-state index in [0.29, 0.717) is 0 Å². The molecule has 25 aromatic rings. The van der Waals surface area contributed by atoms with Gasteiger partial charge in [0.25, 0.3) is 0 Å². The van der Waals surface area contributed by atoms with Gasteiger partial charge in [0.2, 0.25) is 0 Å². The molecule has 0 spiro atoms. The summed E-state index contributed by atoms with van der Waals surface area (Å²) in [6, 6.07) is 163. The molecule has 0 bridgehead atoms. The van der Waals surface area contributed by atoms with Crippen LogP contribution in [0.3, 0.4) is 0 Å². The van der Waals surface area contributed by atoms with E-state index in [1.807, 2.05) is 0 Å². The van der Waals surface area contributed by atoms with Crippen LogP contribution in [0.5, 0.6) is 0 Å². The van der Waals surface area contributed by atoms with Gasteiger partial charge in [0.15, 0.2) is 0 Å². The minimum absolute atomic E-state index is 0. The van der Waals surface area contributed by atoms with Crippen molar-refractivity contribution in [1.29, 1.82) is 0 Å². The van der Waals surface area contributed by atoms with Crippen LogP contribution >= 0.6 is 31.9 Å². The molecule has 4 aliphatic rings. The number of rotatable bonds is 9. The van der Waals surface area contributed by atoms with Crippen molar-refractivity contribution >= 4 is 153 Å². The first kappa shape index (κ1) is 78.9. The number of halogens is 2. The van der Waals surface area contributed by atoms with Gasteiger partial charge >= 0.3 is 16.5 Å². The predicted octanol–water partition coefficient (Wildman–Crippen LogP) is 36.9. The number of fused-ring (bicyclic) bond motifs is 18. The Hall–Kier alpha value is -15.8. The van der Waals surface area contributed by atoms with Crippen LogP contribution in [0, 0.1) is 0 Å². The second-order valence-electron chi connectivity index (χ2n) is 35.3. The maximum atomic E-state index is 8.35. The Morgan fingerprint density at radius 1 is 0.141 bits per heavy atom. The average Bonchev–Trinajstić information content (AvgIpc) is 1.52. The molecule has 2 nitrogen and oxygen atoms in total. The summed E-state index contributed by atoms with van der Waals surface area (Å²) in [4.78, 5) is 16.7. The Morgan fingerprint density at radius 2 is 0.274 bits per heavy atom. The fourth-order valence-electron chi connectivity index (χ4n) is 24.1. The van der Waals surface area contributed by atoms with Gasteiger partial charge in [-0.25, -0.2) is 0 Å². The molecule has 0 fully saturated rings. The SMILES string of the molecule is Brc1ccc2c3c(ccc(-c4ccc5c6c(ccc(Br)c46)-c4c-5c(-c5ccccc5)c5ccccc5c4-c4ccccc4)c13)-c1c-2c(-c2ccccc2)c2ccccc2c1-c1ccccc1.[2H][C-]=O.[2H][C-]=O.[Ni+2].c1ccc(-c2c3c(c(-c4ccccc4)c4ccccc24)-c2ccc4c5ccc6c7c(ccc(c8ccc-3c2c84)c75)-c2c-6c(-c3ccccc3)c3ccccc3c2-c2ccccc2)cc1. The van der Waals surface area contributed by atoms with Crippen LogP contribution in [0.15, 0.2) is 446 Å². The molecule has 25 aromatic carbocycles. The van der Waals surface area contributed by atoms with Crippen molar-refractivity contribution in [3.8, 4) is 189 Å². The smallest absolute Gasteiger partial charge is 0.545 e. The molecule has 0 atom stereocenters. The molecule has 0 radical (unpaired) electrons. The number of benzene rings is 25. The van der Waals surface area contributed by atoms with E-state index >= 15 is 0 Å². The summed E-state index contributed by atoms with van der Waals surface area (Å²) in [5.41, 5.74) is 43.6. The summed E-state index contributed by atoms with van der Waals surface area (Å²) in [6.07, 6.45) is 0. The molecular formula is C130H74Br2NiO2. The Labute approximate surface area is 810 Å². The zero-order chi connectivity index (χ0) is 90.7. The van der Waals surface area contributed by atoms with E-state index in [2.05, 4.69) is 469 Å². The van der Waals surface area contributed by atoms with Gasteiger partial charge in [0.05, 0.1) is 0 Å². The Morgan fingerprint density at radius 3 is 0.444 bits per heavy atom. The second-order valence-corrected chi connectivity index (χ2v) is 37.0. The van der Waals surface area contributed by atoms with E-state index in [0.717, 1.165) is 22.5 Å². The quantitative estimate of drug-likeness (QED) is 0.0474. The van der Waals surface area contributed by atoms with Gasteiger partial charge in [0, 0.05) is 19.7 Å². The molecule has 0 aromatic heterocycles. The number of carbonyl (C=O) groups excluding carboxylic acids is 2. The minimum Gasteiger partial charge on any atom is -0.545 e. The van der Waals surface area contributed by atoms with Crippen LogP contribution in [-0.4, -0.2) is 13.5 Å². The van der Waals surface area contributed by atoms with Crippen molar-refractivity contribution < 1.29 is 28.8 Å². The molecular weight excluding hydrogens is 1810 g/mol. The summed E-state index contributed by atoms with van der Waals surface area (Å²) in [7, 11) is 0. The maximum Gasteiger partial charge on any atom is 2.00 e. The Bertz CT molecular complexity index is 8400. The van der Waals surface area contributed by atoms with Crippen molar-refractivity contribution in [2.45, 2.75) is 0 Å². The molecule has 0 saturated heterocycles. The van der Waals surface area contributed by atoms with Gasteiger partial charge in [-0.05, 0) is 298 Å². The fourth-order valence-corrected chi connectivity index (χ4v) is 25.1. The summed E-state index contributed by atoms with van der Waals surface area (Å²) in [6.45, 7) is 1.50. The van der Waals surface area contributed by atoms with Gasteiger partial charge < -0.3 is 9.59 Å². The van der Waals surface area contributed by atoms with E-state index in [-0.39, 0.29) is 16.5 Å². The predicted molar refractivity (Wildman–Crippen MR) is 575 cm³/mol. The molecule has 135 heavy (non-hydrogen) atoms. The van der Waals surface area contributed by atoms with E-state index in [1.165, 1.54) is 297 Å². The molecule has 630 valence electrons. The molecule has 4 aliphatic carbocycles. The van der Waals surface area contributed by atoms with E-state index in [1.54, 1.807) is 0 Å². The largest absolute Gasteiger partial charge is 2.00 e. The normalized spacial score (nSPS) is 12.0. The van der Waals surface area contributed by atoms with Crippen LogP contribution < -0.4 is 0 Å². The molecule has 29 rings (SSSR count). The molecule has 0 unspecified atom stereocenters. The zero-order valence-corrected chi connectivity index (χ0v) is 76.6. The van der Waals surface area contributed by atoms with Crippen molar-refractivity contribution in [2.75, 3.05) is 0 Å². The van der Waals surface area contributed by atoms with Gasteiger partial charge in [0.1, 0.15) is 0 Å². The van der Waals surface area contributed by atoms with Gasteiger partial charge in [-0.15, -0.1) is 0 Å². The first-order valence-electron chi connectivity index (χ1n) is 46.4. The summed E-state index contributed by atoms with van der Waals surface area (Å²) >= 11 is 8.38. The van der Waals surface area contributed by atoms with E-state index in [4.69, 9.17) is 12.3 Å². The van der Waals surface area contributed by atoms with Crippen molar-refractivity contribution in [3.63, 3.8) is 0 Å². The molecule has 0 aliphatic heterocycles. The third-order valence-corrected chi connectivity index (χ3v) is 30.3. The van der Waals surface area contributed by atoms with Crippen LogP contribution in [-0.2, 0) is 26.1 Å². The summed E-state index contributed by atoms with van der Waals surface area (Å²) in [5, 5.41) is 26.0. The molecule has 0 amide bonds. The second kappa shape index (κ2) is 32.3. The first-order valence-corrected chi connectivity index (χ1v) is 47.0. The summed E-state index contributed by atoms with van der Waals surface area (Å²) in [5.74, 6) is 0. The Kier molecular flexibility index (Phi) is 18.9. The monoisotopic (exact) mass is 1880 g/mol. The van der Waals surface area contributed by atoms with E-state index < -0.39 is 0 Å². The molecule has 0 heterocycles. The number of hydrogen-bond donors (Lipinski definition) is 0. The third-order valence-electron chi connectivity index (χ3n) is 28.9. The third kappa shape index (κ3) is 11.8. The fraction of sp³-hybridized carbons (Fsp3) is 0. The minimum atomic E-state index is 0. The van der Waals surface area contributed by atoms with Gasteiger partial charge in [-0.1, -0.05) is 457 Å². The van der Waals surface area contributed by atoms with Crippen LogP contribution in [0.2, 0.25) is 0 Å². The van der Waals surface area contributed by atoms with Crippen molar-refractivity contribution in [1.82, 2.24) is 0 Å². The van der Waals surface area contributed by atoms with Crippen LogP contribution in [0.4, 0.5) is 0 Å². The van der Waals surface area contributed by atoms with Crippen LogP contribution in [0.25, 0.3) is 297 Å². The molecule has 0 saturated carbocycles. The summed E-state index contributed by atoms with van der Waals surface area (Å²) < 4.78 is 13.0. The standard InChI is InChI=1S/C64H36Br2.C64H36.2CHO.Ni/c65-51-35-33-49-57-47(61-53(37-17-5-1-6-18-37)41-25-13-15-27-43(41)55(63(49)61)39-21-9-3-10-22-39)31-29-45(59(51)57)46-30-32-48-58-50(34-36-52(66)60(46)58)64-56(40-23-11-4-12-24-40)44-28-16-14-26-42(44)54(62(48)64)38-19-7-2-8-20-38;1-5-17-37(18-6-1)53-41-25-13-14-26-42(41)54(38-19-7-2-8-20-38)62-50-34-30-46-48-32-36-52-60-51(35-31-47(58(48)60)45-29-33-49(61(53)62)59(50)57(45)46)63-55(39-21-9-3-10-22-39)43-27-15-16-28-44(43)56(64(52)63)40-23-11-4-12-24-40;2*1-2;/h1-36H;1-36H;2*1H;/q;;2*-1;+2/i;;2*1D;. The van der Waals surface area contributed by atoms with Crippen molar-refractivity contribution in [2.24, 2.45) is 0 Å². The molecule has 0 N–H and O–H groups in total. The average molecular weight is 1890 g/mol. The van der Waals surface area contributed by atoms with Crippen LogP contribution in [0.1, 0.15) is 2.74 Å². The number of hydrogen-bond acceptors (Lipinski definition) is 2. The first-order chi connectivity index (χ1) is 67.3. The van der Waals surface area contributed by atoms with E-state index in [9.17, 15) is 0 Å². The zero-order valence-electron chi connectivity index (χ0n) is 74.5. The van der Waals surface area contributed by atoms with Crippen molar-refractivity contribution in [3.05, 3.63) is 446 Å². The maximum absolute atomic E-state index is 8.35. The van der Waals surface area contributed by atoms with Gasteiger partial charge in [-0.3, -0.25) is 13.5 Å².